The third-order valence-corrected chi connectivity index (χ3v) is 2.33. The fraction of sp³-hybridized carbons (Fsp3) is 0.778. The summed E-state index contributed by atoms with van der Waals surface area (Å²) >= 11 is 0. The van der Waals surface area contributed by atoms with Gasteiger partial charge in [-0.2, -0.15) is 0 Å². The van der Waals surface area contributed by atoms with Crippen LogP contribution in [0, 0.1) is 0 Å². The quantitative estimate of drug-likeness (QED) is 0.621. The second-order valence-electron chi connectivity index (χ2n) is 3.28. The normalized spacial score (nSPS) is 20.3. The highest BCUT2D eigenvalue weighted by Gasteiger charge is 2.20. The molecule has 0 bridgehead atoms. The molecule has 1 aliphatic heterocycles. The molecule has 0 aliphatic carbocycles. The molecule has 5 nitrogen and oxygen atoms in total. The van der Waals surface area contributed by atoms with Gasteiger partial charge >= 0.3 is 5.97 Å². The molecule has 1 rings (SSSR count). The Bertz CT molecular complexity index is 201. The summed E-state index contributed by atoms with van der Waals surface area (Å²) in [6.07, 6.45) is 1.26. The molecule has 1 saturated heterocycles. The summed E-state index contributed by atoms with van der Waals surface area (Å²) in [5.41, 5.74) is 0. The lowest BCUT2D eigenvalue weighted by molar-refractivity contribution is -0.137. The van der Waals surface area contributed by atoms with E-state index >= 15 is 0 Å². The lowest BCUT2D eigenvalue weighted by Crippen LogP contribution is -2.44. The third-order valence-electron chi connectivity index (χ3n) is 2.33. The van der Waals surface area contributed by atoms with Crippen molar-refractivity contribution in [3.8, 4) is 0 Å². The van der Waals surface area contributed by atoms with Gasteiger partial charge in [0.2, 0.25) is 0 Å². The van der Waals surface area contributed by atoms with E-state index in [0.717, 1.165) is 6.29 Å². The maximum Gasteiger partial charge on any atom is 0.303 e. The average Bonchev–Trinajstić information content (AvgIpc) is 2.20. The zero-order valence-electron chi connectivity index (χ0n) is 8.02. The van der Waals surface area contributed by atoms with Gasteiger partial charge in [0.05, 0.1) is 19.3 Å². The van der Waals surface area contributed by atoms with Crippen molar-refractivity contribution in [2.24, 2.45) is 0 Å². The van der Waals surface area contributed by atoms with E-state index in [0.29, 0.717) is 32.7 Å². The van der Waals surface area contributed by atoms with E-state index in [2.05, 4.69) is 0 Å². The Kier molecular flexibility index (Phi) is 4.55. The van der Waals surface area contributed by atoms with Gasteiger partial charge in [0, 0.05) is 19.5 Å². The molecule has 0 aromatic rings. The number of carboxylic acid groups (broad SMARTS) is 1. The molecule has 1 unspecified atom stereocenters. The molecule has 5 heteroatoms. The van der Waals surface area contributed by atoms with Crippen LogP contribution in [-0.4, -0.2) is 54.6 Å². The van der Waals surface area contributed by atoms with Crippen molar-refractivity contribution >= 4 is 12.3 Å². The van der Waals surface area contributed by atoms with Gasteiger partial charge in [-0.15, -0.1) is 0 Å². The molecule has 1 aliphatic rings. The van der Waals surface area contributed by atoms with Gasteiger partial charge < -0.3 is 14.6 Å². The maximum absolute atomic E-state index is 10.7. The summed E-state index contributed by atoms with van der Waals surface area (Å²) in [6, 6.07) is -0.269. The molecular weight excluding hydrogens is 186 g/mol. The molecule has 1 atom stereocenters. The van der Waals surface area contributed by atoms with Crippen LogP contribution in [-0.2, 0) is 14.3 Å². The molecule has 0 spiro atoms. The average molecular weight is 201 g/mol. The number of ether oxygens (including phenoxy) is 1. The Hall–Kier alpha value is -0.940. The molecule has 0 radical (unpaired) electrons. The monoisotopic (exact) mass is 201 g/mol. The van der Waals surface area contributed by atoms with Crippen LogP contribution in [0.25, 0.3) is 0 Å². The van der Waals surface area contributed by atoms with Crippen LogP contribution in [0.15, 0.2) is 0 Å². The van der Waals surface area contributed by atoms with Gasteiger partial charge in [0.25, 0.3) is 0 Å². The van der Waals surface area contributed by atoms with Crippen molar-refractivity contribution in [1.29, 1.82) is 0 Å². The zero-order valence-corrected chi connectivity index (χ0v) is 8.02. The second-order valence-corrected chi connectivity index (χ2v) is 3.28. The van der Waals surface area contributed by atoms with Gasteiger partial charge in [-0.25, -0.2) is 0 Å². The van der Waals surface area contributed by atoms with Crippen LogP contribution in [0.3, 0.4) is 0 Å². The highest BCUT2D eigenvalue weighted by Crippen LogP contribution is 2.07. The zero-order chi connectivity index (χ0) is 10.4. The first-order chi connectivity index (χ1) is 6.74. The summed E-state index contributed by atoms with van der Waals surface area (Å²) in [5, 5.41) is 8.50. The highest BCUT2D eigenvalue weighted by molar-refractivity contribution is 5.68. The number of hydrogen-bond acceptors (Lipinski definition) is 4. The lowest BCUT2D eigenvalue weighted by Gasteiger charge is -2.30. The molecule has 1 heterocycles. The first-order valence-corrected chi connectivity index (χ1v) is 4.73. The van der Waals surface area contributed by atoms with Gasteiger partial charge in [-0.1, -0.05) is 0 Å². The molecule has 1 fully saturated rings. The Morgan fingerprint density at radius 2 is 2.14 bits per heavy atom. The molecule has 1 N–H and O–H groups in total. The number of carbonyl (C=O) groups is 2. The number of hydrogen-bond donors (Lipinski definition) is 1. The van der Waals surface area contributed by atoms with E-state index in [1.807, 2.05) is 4.90 Å². The van der Waals surface area contributed by atoms with E-state index in [4.69, 9.17) is 9.84 Å². The lowest BCUT2D eigenvalue weighted by atomic mass is 10.1. The van der Waals surface area contributed by atoms with E-state index in [9.17, 15) is 9.59 Å². The van der Waals surface area contributed by atoms with Crippen molar-refractivity contribution in [2.45, 2.75) is 18.9 Å². The molecule has 0 aromatic carbocycles. The minimum Gasteiger partial charge on any atom is -0.481 e. The number of aldehydes is 1. The fourth-order valence-electron chi connectivity index (χ4n) is 1.52. The van der Waals surface area contributed by atoms with Crippen molar-refractivity contribution < 1.29 is 19.4 Å². The van der Waals surface area contributed by atoms with Crippen molar-refractivity contribution in [2.75, 3.05) is 26.3 Å². The van der Waals surface area contributed by atoms with Gasteiger partial charge in [0.15, 0.2) is 0 Å². The van der Waals surface area contributed by atoms with Crippen LogP contribution in [0.4, 0.5) is 0 Å². The Balaban J connectivity index is 2.35. The Labute approximate surface area is 82.6 Å². The van der Waals surface area contributed by atoms with Crippen LogP contribution in [0.5, 0.6) is 0 Å². The van der Waals surface area contributed by atoms with Crippen LogP contribution in [0.2, 0.25) is 0 Å². The Morgan fingerprint density at radius 3 is 2.64 bits per heavy atom. The van der Waals surface area contributed by atoms with Gasteiger partial charge in [-0.05, 0) is 6.42 Å². The van der Waals surface area contributed by atoms with Crippen molar-refractivity contribution in [3.05, 3.63) is 0 Å². The molecule has 14 heavy (non-hydrogen) atoms. The SMILES string of the molecule is O=CC(CCC(=O)O)N1CCOCC1. The van der Waals surface area contributed by atoms with E-state index < -0.39 is 5.97 Å². The van der Waals surface area contributed by atoms with E-state index in [-0.39, 0.29) is 12.5 Å². The largest absolute Gasteiger partial charge is 0.481 e. The maximum atomic E-state index is 10.7. The minimum atomic E-state index is -0.856. The fourth-order valence-corrected chi connectivity index (χ4v) is 1.52. The topological polar surface area (TPSA) is 66.8 Å². The van der Waals surface area contributed by atoms with Crippen LogP contribution >= 0.6 is 0 Å². The molecule has 0 amide bonds. The predicted octanol–water partition coefficient (Wildman–Crippen LogP) is -0.249. The summed E-state index contributed by atoms with van der Waals surface area (Å²) in [6.45, 7) is 2.67. The van der Waals surface area contributed by atoms with Crippen molar-refractivity contribution in [3.63, 3.8) is 0 Å². The van der Waals surface area contributed by atoms with Crippen LogP contribution in [0.1, 0.15) is 12.8 Å². The van der Waals surface area contributed by atoms with E-state index in [1.54, 1.807) is 0 Å². The summed E-state index contributed by atoms with van der Waals surface area (Å²) in [4.78, 5) is 23.1. The second kappa shape index (κ2) is 5.72. The molecule has 0 saturated carbocycles. The summed E-state index contributed by atoms with van der Waals surface area (Å²) in [7, 11) is 0. The van der Waals surface area contributed by atoms with Crippen LogP contribution < -0.4 is 0 Å². The summed E-state index contributed by atoms with van der Waals surface area (Å²) in [5.74, 6) is -0.856. The predicted molar refractivity (Wildman–Crippen MR) is 49.1 cm³/mol. The highest BCUT2D eigenvalue weighted by atomic mass is 16.5. The minimum absolute atomic E-state index is 0.0424. The number of nitrogens with zero attached hydrogens (tertiary/aromatic N) is 1. The smallest absolute Gasteiger partial charge is 0.303 e. The third kappa shape index (κ3) is 3.43. The van der Waals surface area contributed by atoms with Crippen molar-refractivity contribution in [1.82, 2.24) is 4.90 Å². The van der Waals surface area contributed by atoms with E-state index in [1.165, 1.54) is 0 Å². The number of carbonyl (C=O) groups excluding carboxylic acids is 1. The van der Waals surface area contributed by atoms with Gasteiger partial charge in [0.1, 0.15) is 6.29 Å². The number of rotatable bonds is 5. The number of morpholine rings is 1. The Morgan fingerprint density at radius 1 is 1.50 bits per heavy atom. The molecule has 0 aromatic heterocycles. The standard InChI is InChI=1S/C9H15NO4/c11-7-8(1-2-9(12)13)10-3-5-14-6-4-10/h7-8H,1-6H2,(H,12,13). The first-order valence-electron chi connectivity index (χ1n) is 4.73. The van der Waals surface area contributed by atoms with Gasteiger partial charge in [-0.3, -0.25) is 9.69 Å². The number of aliphatic carboxylic acids is 1. The number of carboxylic acids is 1. The molecular formula is C9H15NO4. The summed E-state index contributed by atoms with van der Waals surface area (Å²) < 4.78 is 5.15. The first kappa shape index (κ1) is 11.1. The molecule has 80 valence electrons.